The summed E-state index contributed by atoms with van der Waals surface area (Å²) in [5.41, 5.74) is 7.80. The fraction of sp³-hybridized carbons (Fsp3) is 0.105. The van der Waals surface area contributed by atoms with E-state index in [0.29, 0.717) is 22.7 Å². The Hall–Kier alpha value is -3.61. The van der Waals surface area contributed by atoms with Crippen LogP contribution in [0.3, 0.4) is 0 Å². The molecule has 0 fully saturated rings. The highest BCUT2D eigenvalue weighted by Crippen LogP contribution is 2.23. The van der Waals surface area contributed by atoms with Crippen LogP contribution in [0.5, 0.6) is 5.75 Å². The van der Waals surface area contributed by atoms with E-state index < -0.39 is 5.97 Å². The fourth-order valence-corrected chi connectivity index (χ4v) is 2.12. The van der Waals surface area contributed by atoms with Gasteiger partial charge in [0.15, 0.2) is 0 Å². The van der Waals surface area contributed by atoms with Crippen molar-refractivity contribution >= 4 is 29.0 Å². The van der Waals surface area contributed by atoms with Crippen molar-refractivity contribution in [2.24, 2.45) is 5.10 Å². The topological polar surface area (TPSA) is 105 Å². The lowest BCUT2D eigenvalue weighted by atomic mass is 10.2. The SMILES string of the molecule is C=C1C(=O)N(c2ccc(C(=O)O)cc2)N=C1C.COc1ccccc1N. The maximum atomic E-state index is 11.7. The van der Waals surface area contributed by atoms with Gasteiger partial charge in [0.2, 0.25) is 0 Å². The van der Waals surface area contributed by atoms with E-state index in [0.717, 1.165) is 5.75 Å². The van der Waals surface area contributed by atoms with Crippen LogP contribution in [-0.2, 0) is 4.79 Å². The Morgan fingerprint density at radius 2 is 1.81 bits per heavy atom. The molecule has 1 amide bonds. The minimum atomic E-state index is -1.01. The second-order valence-electron chi connectivity index (χ2n) is 5.37. The van der Waals surface area contributed by atoms with Gasteiger partial charge in [0, 0.05) is 0 Å². The van der Waals surface area contributed by atoms with E-state index in [-0.39, 0.29) is 11.5 Å². The average molecular weight is 353 g/mol. The van der Waals surface area contributed by atoms with Gasteiger partial charge in [0.1, 0.15) is 5.75 Å². The number of nitrogens with two attached hydrogens (primary N) is 1. The molecule has 134 valence electrons. The lowest BCUT2D eigenvalue weighted by Crippen LogP contribution is -2.20. The standard InChI is InChI=1S/C12H10N2O3.C7H9NO/c1-7-8(2)13-14(11(7)15)10-5-3-9(4-6-10)12(16)17;1-9-7-5-3-2-4-6(7)8/h3-6H,1H2,2H3,(H,16,17);2-5H,8H2,1H3. The zero-order valence-corrected chi connectivity index (χ0v) is 14.5. The van der Waals surface area contributed by atoms with Crippen LogP contribution in [0.1, 0.15) is 17.3 Å². The molecule has 1 heterocycles. The summed E-state index contributed by atoms with van der Waals surface area (Å²) in [6.07, 6.45) is 0. The molecule has 0 bridgehead atoms. The van der Waals surface area contributed by atoms with Gasteiger partial charge in [-0.2, -0.15) is 10.1 Å². The third kappa shape index (κ3) is 4.07. The zero-order valence-electron chi connectivity index (χ0n) is 14.5. The summed E-state index contributed by atoms with van der Waals surface area (Å²) in [5, 5.41) is 14.0. The molecule has 2 aromatic rings. The van der Waals surface area contributed by atoms with Crippen molar-refractivity contribution in [2.45, 2.75) is 6.92 Å². The third-order valence-corrected chi connectivity index (χ3v) is 3.64. The molecule has 0 saturated carbocycles. The van der Waals surface area contributed by atoms with Gasteiger partial charge in [-0.25, -0.2) is 4.79 Å². The van der Waals surface area contributed by atoms with Crippen LogP contribution < -0.4 is 15.5 Å². The Kier molecular flexibility index (Phi) is 5.74. The van der Waals surface area contributed by atoms with Crippen molar-refractivity contribution in [3.63, 3.8) is 0 Å². The van der Waals surface area contributed by atoms with E-state index in [2.05, 4.69) is 11.7 Å². The van der Waals surface area contributed by atoms with Gasteiger partial charge in [-0.3, -0.25) is 4.79 Å². The van der Waals surface area contributed by atoms with Crippen LogP contribution >= 0.6 is 0 Å². The highest BCUT2D eigenvalue weighted by Gasteiger charge is 2.26. The second kappa shape index (κ2) is 7.98. The summed E-state index contributed by atoms with van der Waals surface area (Å²) in [6.45, 7) is 5.32. The van der Waals surface area contributed by atoms with Gasteiger partial charge < -0.3 is 15.6 Å². The molecule has 0 radical (unpaired) electrons. The summed E-state index contributed by atoms with van der Waals surface area (Å²) in [6, 6.07) is 13.3. The van der Waals surface area contributed by atoms with Gasteiger partial charge in [0.25, 0.3) is 5.91 Å². The molecule has 26 heavy (non-hydrogen) atoms. The number of hydrogen-bond donors (Lipinski definition) is 2. The molecule has 3 N–H and O–H groups in total. The number of nitrogen functional groups attached to an aromatic ring is 1. The Morgan fingerprint density at radius 1 is 1.19 bits per heavy atom. The van der Waals surface area contributed by atoms with E-state index in [9.17, 15) is 9.59 Å². The molecule has 0 spiro atoms. The van der Waals surface area contributed by atoms with Crippen LogP contribution in [0.4, 0.5) is 11.4 Å². The number of para-hydroxylation sites is 2. The minimum absolute atomic E-state index is 0.167. The predicted molar refractivity (Wildman–Crippen MR) is 101 cm³/mol. The third-order valence-electron chi connectivity index (χ3n) is 3.64. The van der Waals surface area contributed by atoms with E-state index in [1.54, 1.807) is 20.1 Å². The van der Waals surface area contributed by atoms with E-state index in [1.807, 2.05) is 18.2 Å². The first-order valence-electron chi connectivity index (χ1n) is 7.66. The van der Waals surface area contributed by atoms with Crippen molar-refractivity contribution in [1.29, 1.82) is 0 Å². The van der Waals surface area contributed by atoms with Crippen molar-refractivity contribution in [3.05, 3.63) is 66.2 Å². The van der Waals surface area contributed by atoms with Crippen molar-refractivity contribution in [3.8, 4) is 5.75 Å². The molecule has 2 aromatic carbocycles. The second-order valence-corrected chi connectivity index (χ2v) is 5.37. The van der Waals surface area contributed by atoms with Gasteiger partial charge in [-0.1, -0.05) is 18.7 Å². The Balaban J connectivity index is 0.000000228. The van der Waals surface area contributed by atoms with Crippen LogP contribution in [0, 0.1) is 0 Å². The molecule has 7 heteroatoms. The number of aromatic carboxylic acids is 1. The van der Waals surface area contributed by atoms with E-state index in [1.165, 1.54) is 29.3 Å². The van der Waals surface area contributed by atoms with Crippen LogP contribution in [0.25, 0.3) is 0 Å². The number of anilines is 2. The number of methoxy groups -OCH3 is 1. The molecule has 0 aromatic heterocycles. The number of rotatable bonds is 3. The molecule has 0 aliphatic carbocycles. The summed E-state index contributed by atoms with van der Waals surface area (Å²) in [4.78, 5) is 22.4. The smallest absolute Gasteiger partial charge is 0.335 e. The Morgan fingerprint density at radius 3 is 2.23 bits per heavy atom. The largest absolute Gasteiger partial charge is 0.495 e. The van der Waals surface area contributed by atoms with E-state index >= 15 is 0 Å². The number of hydrogen-bond acceptors (Lipinski definition) is 5. The van der Waals surface area contributed by atoms with Crippen LogP contribution in [0.15, 0.2) is 65.8 Å². The lowest BCUT2D eigenvalue weighted by Gasteiger charge is -2.11. The molecule has 0 unspecified atom stereocenters. The Bertz CT molecular complexity index is 873. The number of carboxylic acids is 1. The number of ether oxygens (including phenoxy) is 1. The molecule has 0 atom stereocenters. The van der Waals surface area contributed by atoms with Crippen molar-refractivity contribution in [2.75, 3.05) is 17.9 Å². The van der Waals surface area contributed by atoms with Gasteiger partial charge in [0.05, 0.1) is 35.3 Å². The lowest BCUT2D eigenvalue weighted by molar-refractivity contribution is -0.114. The number of carboxylic acid groups (broad SMARTS) is 1. The molecular formula is C19H19N3O4. The summed E-state index contributed by atoms with van der Waals surface area (Å²) >= 11 is 0. The van der Waals surface area contributed by atoms with Gasteiger partial charge in [-0.05, 0) is 43.3 Å². The quantitative estimate of drug-likeness (QED) is 0.652. The summed E-state index contributed by atoms with van der Waals surface area (Å²) in [5.74, 6) is -0.559. The van der Waals surface area contributed by atoms with Crippen LogP contribution in [0.2, 0.25) is 0 Å². The highest BCUT2D eigenvalue weighted by atomic mass is 16.5. The number of amides is 1. The van der Waals surface area contributed by atoms with Gasteiger partial charge >= 0.3 is 5.97 Å². The number of benzene rings is 2. The summed E-state index contributed by atoms with van der Waals surface area (Å²) in [7, 11) is 1.60. The molecule has 3 rings (SSSR count). The van der Waals surface area contributed by atoms with Crippen LogP contribution in [-0.4, -0.2) is 29.8 Å². The zero-order chi connectivity index (χ0) is 19.3. The summed E-state index contributed by atoms with van der Waals surface area (Å²) < 4.78 is 4.92. The molecule has 1 aliphatic rings. The average Bonchev–Trinajstić information content (AvgIpc) is 2.90. The molecular weight excluding hydrogens is 334 g/mol. The van der Waals surface area contributed by atoms with E-state index in [4.69, 9.17) is 15.6 Å². The van der Waals surface area contributed by atoms with Crippen molar-refractivity contribution in [1.82, 2.24) is 0 Å². The fourth-order valence-electron chi connectivity index (χ4n) is 2.12. The first kappa shape index (κ1) is 18.7. The Labute approximate surface area is 151 Å². The number of hydrazone groups is 1. The van der Waals surface area contributed by atoms with Gasteiger partial charge in [-0.15, -0.1) is 0 Å². The van der Waals surface area contributed by atoms with Crippen molar-refractivity contribution < 1.29 is 19.4 Å². The molecule has 0 saturated heterocycles. The number of nitrogens with zero attached hydrogens (tertiary/aromatic N) is 2. The molecule has 1 aliphatic heterocycles. The number of carbonyl (C=O) groups excluding carboxylic acids is 1. The predicted octanol–water partition coefficient (Wildman–Crippen LogP) is 2.94. The normalized spacial score (nSPS) is 13.0. The monoisotopic (exact) mass is 353 g/mol. The minimum Gasteiger partial charge on any atom is -0.495 e. The first-order chi connectivity index (χ1) is 12.3. The number of carbonyl (C=O) groups is 2. The maximum Gasteiger partial charge on any atom is 0.335 e. The first-order valence-corrected chi connectivity index (χ1v) is 7.66. The molecule has 7 nitrogen and oxygen atoms in total. The highest BCUT2D eigenvalue weighted by molar-refractivity contribution is 6.29. The maximum absolute atomic E-state index is 11.7.